The summed E-state index contributed by atoms with van der Waals surface area (Å²) in [5, 5.41) is 17.0. The summed E-state index contributed by atoms with van der Waals surface area (Å²) in [6, 6.07) is 0. The zero-order valence-electron chi connectivity index (χ0n) is 7.84. The molecule has 0 unspecified atom stereocenters. The van der Waals surface area contributed by atoms with Crippen molar-refractivity contribution in [3.63, 3.8) is 0 Å². The quantitative estimate of drug-likeness (QED) is 0.523. The Morgan fingerprint density at radius 3 is 1.92 bits per heavy atom. The van der Waals surface area contributed by atoms with Gasteiger partial charge in [0, 0.05) is 13.2 Å². The summed E-state index contributed by atoms with van der Waals surface area (Å²) in [4.78, 5) is 0. The molecule has 2 nitrogen and oxygen atoms in total. The largest absolute Gasteiger partial charge is 0.396 e. The van der Waals surface area contributed by atoms with Crippen molar-refractivity contribution >= 4 is 0 Å². The molecule has 12 heavy (non-hydrogen) atoms. The first-order valence-corrected chi connectivity index (χ1v) is 4.95. The van der Waals surface area contributed by atoms with Gasteiger partial charge in [-0.05, 0) is 19.3 Å². The third-order valence-electron chi connectivity index (χ3n) is 1.95. The van der Waals surface area contributed by atoms with E-state index < -0.39 is 0 Å². The van der Waals surface area contributed by atoms with Crippen LogP contribution in [-0.2, 0) is 0 Å². The second kappa shape index (κ2) is 10.9. The van der Waals surface area contributed by atoms with Crippen LogP contribution in [0.1, 0.15) is 44.9 Å². The van der Waals surface area contributed by atoms with E-state index >= 15 is 0 Å². The highest BCUT2D eigenvalue weighted by molar-refractivity contribution is 4.61. The molecule has 0 saturated heterocycles. The Morgan fingerprint density at radius 1 is 0.750 bits per heavy atom. The molecule has 1 radical (unpaired) electrons. The van der Waals surface area contributed by atoms with Gasteiger partial charge in [0.2, 0.25) is 0 Å². The number of hydrogen-bond donors (Lipinski definition) is 2. The van der Waals surface area contributed by atoms with Crippen LogP contribution in [0.15, 0.2) is 0 Å². The van der Waals surface area contributed by atoms with Gasteiger partial charge < -0.3 is 10.2 Å². The standard InChI is InChI=1S/C10H21O2/c11-9-7-5-3-1-2-4-6-8-10-12/h7,11-12H,1-6,8-10H2. The van der Waals surface area contributed by atoms with Gasteiger partial charge in [0.05, 0.1) is 0 Å². The van der Waals surface area contributed by atoms with Gasteiger partial charge in [-0.15, -0.1) is 0 Å². The average Bonchev–Trinajstić information content (AvgIpc) is 2.10. The summed E-state index contributed by atoms with van der Waals surface area (Å²) in [6.45, 7) is 0.544. The van der Waals surface area contributed by atoms with Crippen molar-refractivity contribution < 1.29 is 10.2 Å². The molecule has 0 aliphatic rings. The lowest BCUT2D eigenvalue weighted by atomic mass is 10.1. The normalized spacial score (nSPS) is 10.5. The van der Waals surface area contributed by atoms with Crippen LogP contribution in [0, 0.1) is 6.42 Å². The van der Waals surface area contributed by atoms with Crippen LogP contribution in [0.5, 0.6) is 0 Å². The highest BCUT2D eigenvalue weighted by Crippen LogP contribution is 2.07. The molecule has 0 aromatic heterocycles. The summed E-state index contributed by atoms with van der Waals surface area (Å²) in [6.07, 6.45) is 9.99. The fourth-order valence-corrected chi connectivity index (χ4v) is 1.20. The van der Waals surface area contributed by atoms with Crippen molar-refractivity contribution in [2.45, 2.75) is 44.9 Å². The van der Waals surface area contributed by atoms with Gasteiger partial charge in [-0.3, -0.25) is 0 Å². The van der Waals surface area contributed by atoms with Gasteiger partial charge in [0.1, 0.15) is 0 Å². The lowest BCUT2D eigenvalue weighted by Gasteiger charge is -1.99. The Balaban J connectivity index is 2.73. The molecular weight excluding hydrogens is 152 g/mol. The minimum absolute atomic E-state index is 0.213. The highest BCUT2D eigenvalue weighted by Gasteiger charge is 1.90. The summed E-state index contributed by atoms with van der Waals surface area (Å²) in [5.41, 5.74) is 0. The molecule has 0 atom stereocenters. The summed E-state index contributed by atoms with van der Waals surface area (Å²) in [5.74, 6) is 0. The van der Waals surface area contributed by atoms with Gasteiger partial charge >= 0.3 is 0 Å². The first kappa shape index (κ1) is 11.9. The van der Waals surface area contributed by atoms with E-state index in [0.717, 1.165) is 19.3 Å². The number of unbranched alkanes of at least 4 members (excludes halogenated alkanes) is 7. The Bertz CT molecular complexity index is 64.2. The van der Waals surface area contributed by atoms with E-state index in [-0.39, 0.29) is 6.61 Å². The van der Waals surface area contributed by atoms with Crippen LogP contribution in [0.2, 0.25) is 0 Å². The number of hydrogen-bond acceptors (Lipinski definition) is 2. The molecule has 2 N–H and O–H groups in total. The van der Waals surface area contributed by atoms with E-state index in [1.165, 1.54) is 25.7 Å². The maximum atomic E-state index is 8.51. The zero-order valence-corrected chi connectivity index (χ0v) is 7.84. The first-order chi connectivity index (χ1) is 5.91. The number of aliphatic hydroxyl groups is 2. The smallest absolute Gasteiger partial charge is 0.0462 e. The molecule has 0 aliphatic heterocycles. The lowest BCUT2D eigenvalue weighted by molar-refractivity contribution is 0.282. The topological polar surface area (TPSA) is 40.5 Å². The van der Waals surface area contributed by atoms with Crippen molar-refractivity contribution in [1.82, 2.24) is 0 Å². The molecule has 0 aromatic rings. The van der Waals surface area contributed by atoms with Gasteiger partial charge in [-0.25, -0.2) is 0 Å². The fourth-order valence-electron chi connectivity index (χ4n) is 1.20. The second-order valence-corrected chi connectivity index (χ2v) is 3.10. The maximum absolute atomic E-state index is 8.51. The van der Waals surface area contributed by atoms with E-state index in [0.29, 0.717) is 6.61 Å². The summed E-state index contributed by atoms with van der Waals surface area (Å²) < 4.78 is 0. The fraction of sp³-hybridized carbons (Fsp3) is 0.900. The van der Waals surface area contributed by atoms with Gasteiger partial charge in [0.15, 0.2) is 0 Å². The third kappa shape index (κ3) is 9.92. The molecule has 0 aliphatic carbocycles. The number of rotatable bonds is 9. The monoisotopic (exact) mass is 173 g/mol. The van der Waals surface area contributed by atoms with Crippen molar-refractivity contribution in [1.29, 1.82) is 0 Å². The van der Waals surface area contributed by atoms with E-state index in [2.05, 4.69) is 0 Å². The highest BCUT2D eigenvalue weighted by atomic mass is 16.3. The van der Waals surface area contributed by atoms with Crippen LogP contribution in [0.25, 0.3) is 0 Å². The zero-order chi connectivity index (χ0) is 9.07. The molecule has 0 spiro atoms. The SMILES string of the molecule is OC[CH]CCCCCCCCO. The number of aliphatic hydroxyl groups excluding tert-OH is 2. The Labute approximate surface area is 75.6 Å². The van der Waals surface area contributed by atoms with Crippen molar-refractivity contribution in [2.24, 2.45) is 0 Å². The van der Waals surface area contributed by atoms with Crippen LogP contribution in [-0.4, -0.2) is 23.4 Å². The van der Waals surface area contributed by atoms with Crippen molar-refractivity contribution in [3.8, 4) is 0 Å². The molecule has 0 aromatic carbocycles. The molecule has 0 heterocycles. The van der Waals surface area contributed by atoms with Gasteiger partial charge in [-0.2, -0.15) is 0 Å². The van der Waals surface area contributed by atoms with Gasteiger partial charge in [0.25, 0.3) is 0 Å². The van der Waals surface area contributed by atoms with E-state index in [4.69, 9.17) is 10.2 Å². The minimum Gasteiger partial charge on any atom is -0.396 e. The molecule has 0 rings (SSSR count). The van der Waals surface area contributed by atoms with Crippen molar-refractivity contribution in [3.05, 3.63) is 6.42 Å². The van der Waals surface area contributed by atoms with E-state index in [9.17, 15) is 0 Å². The van der Waals surface area contributed by atoms with Crippen LogP contribution < -0.4 is 0 Å². The molecule has 0 amide bonds. The molecule has 73 valence electrons. The van der Waals surface area contributed by atoms with Crippen molar-refractivity contribution in [2.75, 3.05) is 13.2 Å². The molecule has 2 heteroatoms. The second-order valence-electron chi connectivity index (χ2n) is 3.10. The maximum Gasteiger partial charge on any atom is 0.0462 e. The van der Waals surface area contributed by atoms with Crippen LogP contribution in [0.3, 0.4) is 0 Å². The lowest BCUT2D eigenvalue weighted by Crippen LogP contribution is -1.86. The Kier molecular flexibility index (Phi) is 10.8. The average molecular weight is 173 g/mol. The molecule has 0 saturated carbocycles. The summed E-state index contributed by atoms with van der Waals surface area (Å²) in [7, 11) is 0. The van der Waals surface area contributed by atoms with E-state index in [1.54, 1.807) is 0 Å². The van der Waals surface area contributed by atoms with Gasteiger partial charge in [-0.1, -0.05) is 32.1 Å². The molecular formula is C10H21O2. The van der Waals surface area contributed by atoms with Crippen LogP contribution in [0.4, 0.5) is 0 Å². The first-order valence-electron chi connectivity index (χ1n) is 4.95. The Hall–Kier alpha value is -0.0800. The molecule has 0 bridgehead atoms. The molecule has 0 fully saturated rings. The minimum atomic E-state index is 0.213. The summed E-state index contributed by atoms with van der Waals surface area (Å²) >= 11 is 0. The third-order valence-corrected chi connectivity index (χ3v) is 1.95. The van der Waals surface area contributed by atoms with E-state index in [1.807, 2.05) is 6.42 Å². The predicted molar refractivity (Wildman–Crippen MR) is 50.8 cm³/mol. The predicted octanol–water partition coefficient (Wildman–Crippen LogP) is 1.91. The Morgan fingerprint density at radius 2 is 1.33 bits per heavy atom. The van der Waals surface area contributed by atoms with Crippen LogP contribution >= 0.6 is 0 Å².